The van der Waals surface area contributed by atoms with Crippen molar-refractivity contribution in [2.45, 2.75) is 77.4 Å². The number of fused-ring (bicyclic) bond motifs is 5. The summed E-state index contributed by atoms with van der Waals surface area (Å²) in [6.45, 7) is 4.84. The highest BCUT2D eigenvalue weighted by Crippen LogP contribution is 2.63. The molecule has 3 fully saturated rings. The van der Waals surface area contributed by atoms with Gasteiger partial charge in [-0.3, -0.25) is 9.48 Å². The molecular weight excluding hydrogens is 348 g/mol. The third-order valence-electron chi connectivity index (χ3n) is 8.98. The fraction of sp³-hybridized carbons (Fsp3) is 0.750. The summed E-state index contributed by atoms with van der Waals surface area (Å²) in [4.78, 5) is 13.1. The van der Waals surface area contributed by atoms with Gasteiger partial charge in [-0.05, 0) is 93.4 Å². The molecule has 0 aromatic carbocycles. The Morgan fingerprint density at radius 3 is 2.86 bits per heavy atom. The Morgan fingerprint density at radius 1 is 1.21 bits per heavy atom. The maximum atomic E-state index is 13.1. The first-order valence-electron chi connectivity index (χ1n) is 11.3. The van der Waals surface area contributed by atoms with E-state index in [4.69, 9.17) is 0 Å². The van der Waals surface area contributed by atoms with Crippen LogP contribution in [-0.2, 0) is 11.3 Å². The summed E-state index contributed by atoms with van der Waals surface area (Å²) < 4.78 is 1.79. The quantitative estimate of drug-likeness (QED) is 0.789. The Bertz CT molecular complexity index is 781. The number of nitrogens with zero attached hydrogens (tertiary/aromatic N) is 2. The lowest BCUT2D eigenvalue weighted by atomic mass is 9.51. The Hall–Kier alpha value is -1.42. The third-order valence-corrected chi connectivity index (χ3v) is 8.98. The van der Waals surface area contributed by atoms with E-state index in [0.717, 1.165) is 43.9 Å². The molecule has 0 aliphatic heterocycles. The van der Waals surface area contributed by atoms with Gasteiger partial charge in [0.1, 0.15) is 0 Å². The van der Waals surface area contributed by atoms with E-state index in [9.17, 15) is 9.90 Å². The van der Waals surface area contributed by atoms with Gasteiger partial charge in [-0.1, -0.05) is 18.6 Å². The summed E-state index contributed by atoms with van der Waals surface area (Å²) >= 11 is 0. The number of hydrogen-bond donors (Lipinski definition) is 1. The van der Waals surface area contributed by atoms with Crippen LogP contribution in [0.4, 0.5) is 0 Å². The summed E-state index contributed by atoms with van der Waals surface area (Å²) in [5.41, 5.74) is 1.19. The molecular formula is C24H34N2O2. The van der Waals surface area contributed by atoms with Crippen molar-refractivity contribution in [2.24, 2.45) is 35.0 Å². The molecule has 4 aliphatic carbocycles. The molecule has 0 saturated heterocycles. The zero-order valence-corrected chi connectivity index (χ0v) is 17.3. The molecule has 0 spiro atoms. The highest BCUT2D eigenvalue weighted by molar-refractivity contribution is 5.82. The van der Waals surface area contributed by atoms with Gasteiger partial charge in [0.25, 0.3) is 0 Å². The van der Waals surface area contributed by atoms with Gasteiger partial charge in [0.05, 0.1) is 12.1 Å². The molecule has 0 radical (unpaired) electrons. The molecule has 0 bridgehead atoms. The van der Waals surface area contributed by atoms with Crippen LogP contribution >= 0.6 is 0 Å². The molecule has 0 amide bonds. The van der Waals surface area contributed by atoms with Crippen molar-refractivity contribution in [3.63, 3.8) is 0 Å². The Kier molecular flexibility index (Phi) is 4.35. The fourth-order valence-corrected chi connectivity index (χ4v) is 7.66. The van der Waals surface area contributed by atoms with Crippen LogP contribution < -0.4 is 0 Å². The van der Waals surface area contributed by atoms with Crippen molar-refractivity contribution in [3.05, 3.63) is 30.1 Å². The van der Waals surface area contributed by atoms with Gasteiger partial charge in [0.15, 0.2) is 5.78 Å². The molecule has 1 N–H and O–H groups in total. The van der Waals surface area contributed by atoms with E-state index < -0.39 is 5.60 Å². The van der Waals surface area contributed by atoms with E-state index in [-0.39, 0.29) is 11.3 Å². The van der Waals surface area contributed by atoms with Crippen molar-refractivity contribution in [2.75, 3.05) is 0 Å². The molecule has 4 heteroatoms. The minimum absolute atomic E-state index is 0.164. The number of rotatable bonds is 3. The molecule has 4 nitrogen and oxygen atoms in total. The number of allylic oxidation sites excluding steroid dienone is 1. The zero-order chi connectivity index (χ0) is 19.5. The number of aliphatic hydroxyl groups is 1. The summed E-state index contributed by atoms with van der Waals surface area (Å²) in [5.74, 6) is 3.45. The number of ketones is 1. The second-order valence-electron chi connectivity index (χ2n) is 10.6. The van der Waals surface area contributed by atoms with E-state index in [1.807, 2.05) is 19.2 Å². The number of carbonyl (C=O) groups excluding carboxylic acids is 1. The number of hydrogen-bond acceptors (Lipinski definition) is 3. The van der Waals surface area contributed by atoms with E-state index >= 15 is 0 Å². The number of Topliss-reactive ketones (excluding diaryl/α,β-unsaturated/α-hetero) is 1. The van der Waals surface area contributed by atoms with Crippen LogP contribution in [0.5, 0.6) is 0 Å². The standard InChI is InChI=1S/C24H34N2O2/c1-23(28)10-8-17-16(14-23)4-5-19-18(17)9-11-24(2)20(19)6-7-21(24)22(27)15-26-13-3-12-25-26/h3-4,12-13,17-21,28H,5-11,14-15H2,1-2H3/t17-,18+,19+,20-,21+,23+,24-/m0/s1. The van der Waals surface area contributed by atoms with Crippen molar-refractivity contribution in [3.8, 4) is 0 Å². The Morgan fingerprint density at radius 2 is 2.07 bits per heavy atom. The molecule has 152 valence electrons. The largest absolute Gasteiger partial charge is 0.390 e. The van der Waals surface area contributed by atoms with E-state index in [0.29, 0.717) is 24.2 Å². The van der Waals surface area contributed by atoms with Gasteiger partial charge in [-0.25, -0.2) is 0 Å². The predicted octanol–water partition coefficient (Wildman–Crippen LogP) is 4.39. The van der Waals surface area contributed by atoms with Crippen LogP contribution in [0.3, 0.4) is 0 Å². The predicted molar refractivity (Wildman–Crippen MR) is 108 cm³/mol. The van der Waals surface area contributed by atoms with E-state index in [1.165, 1.54) is 24.8 Å². The molecule has 1 aromatic heterocycles. The molecule has 7 atom stereocenters. The summed E-state index contributed by atoms with van der Waals surface area (Å²) in [5, 5.41) is 14.8. The summed E-state index contributed by atoms with van der Waals surface area (Å²) in [6, 6.07) is 1.89. The van der Waals surface area contributed by atoms with Gasteiger partial charge >= 0.3 is 0 Å². The Labute approximate surface area is 168 Å². The molecule has 1 heterocycles. The van der Waals surface area contributed by atoms with Gasteiger partial charge in [0.2, 0.25) is 0 Å². The fourth-order valence-electron chi connectivity index (χ4n) is 7.66. The topological polar surface area (TPSA) is 55.1 Å². The molecule has 3 saturated carbocycles. The van der Waals surface area contributed by atoms with E-state index in [2.05, 4.69) is 18.1 Å². The SMILES string of the molecule is C[C@@]1(O)CC[C@H]2C(=CC[C@@H]3[C@@H]2CC[C@]2(C)[C@@H](C(=O)Cn4cccn4)CC[C@@H]32)C1. The van der Waals surface area contributed by atoms with Crippen LogP contribution in [0, 0.1) is 35.0 Å². The van der Waals surface area contributed by atoms with Crippen molar-refractivity contribution < 1.29 is 9.90 Å². The summed E-state index contributed by atoms with van der Waals surface area (Å²) in [6.07, 6.45) is 14.9. The van der Waals surface area contributed by atoms with Crippen molar-refractivity contribution in [1.82, 2.24) is 9.78 Å². The van der Waals surface area contributed by atoms with Crippen molar-refractivity contribution >= 4 is 5.78 Å². The number of aromatic nitrogens is 2. The maximum Gasteiger partial charge on any atom is 0.157 e. The van der Waals surface area contributed by atoms with Crippen LogP contribution in [0.25, 0.3) is 0 Å². The zero-order valence-electron chi connectivity index (χ0n) is 17.3. The first kappa shape index (κ1) is 18.6. The minimum Gasteiger partial charge on any atom is -0.390 e. The molecule has 28 heavy (non-hydrogen) atoms. The highest BCUT2D eigenvalue weighted by atomic mass is 16.3. The average molecular weight is 383 g/mol. The molecule has 1 aromatic rings. The van der Waals surface area contributed by atoms with Crippen LogP contribution in [0.15, 0.2) is 30.1 Å². The van der Waals surface area contributed by atoms with Crippen LogP contribution in [0.1, 0.15) is 65.2 Å². The second kappa shape index (κ2) is 6.55. The second-order valence-corrected chi connectivity index (χ2v) is 10.6. The minimum atomic E-state index is -0.504. The van der Waals surface area contributed by atoms with Gasteiger partial charge in [-0.15, -0.1) is 0 Å². The highest BCUT2D eigenvalue weighted by Gasteiger charge is 2.57. The first-order valence-corrected chi connectivity index (χ1v) is 11.3. The summed E-state index contributed by atoms with van der Waals surface area (Å²) in [7, 11) is 0. The lowest BCUT2D eigenvalue weighted by Crippen LogP contribution is -2.48. The van der Waals surface area contributed by atoms with Gasteiger partial charge in [0, 0.05) is 18.3 Å². The van der Waals surface area contributed by atoms with Crippen LogP contribution in [0.2, 0.25) is 0 Å². The van der Waals surface area contributed by atoms with Gasteiger partial charge in [-0.2, -0.15) is 5.10 Å². The monoisotopic (exact) mass is 382 g/mol. The van der Waals surface area contributed by atoms with Crippen LogP contribution in [-0.4, -0.2) is 26.3 Å². The Balaban J connectivity index is 1.35. The third kappa shape index (κ3) is 2.91. The normalized spacial score (nSPS) is 45.0. The van der Waals surface area contributed by atoms with Crippen molar-refractivity contribution in [1.29, 1.82) is 0 Å². The molecule has 5 rings (SSSR count). The number of carbonyl (C=O) groups is 1. The van der Waals surface area contributed by atoms with Gasteiger partial charge < -0.3 is 5.11 Å². The molecule has 0 unspecified atom stereocenters. The molecule has 4 aliphatic rings. The van der Waals surface area contributed by atoms with E-state index in [1.54, 1.807) is 10.9 Å². The maximum absolute atomic E-state index is 13.1. The smallest absolute Gasteiger partial charge is 0.157 e. The lowest BCUT2D eigenvalue weighted by molar-refractivity contribution is -0.129. The average Bonchev–Trinajstić information content (AvgIpc) is 3.27. The lowest BCUT2D eigenvalue weighted by Gasteiger charge is -2.54. The first-order chi connectivity index (χ1) is 13.4.